The summed E-state index contributed by atoms with van der Waals surface area (Å²) in [6.45, 7) is 10.1. The molecular formula is C15H22O3. The molecule has 2 aliphatic carbocycles. The molecule has 0 spiro atoms. The number of esters is 1. The number of fused-ring (bicyclic) bond motifs is 1. The summed E-state index contributed by atoms with van der Waals surface area (Å²) < 4.78 is 5.25. The second-order valence-electron chi connectivity index (χ2n) is 5.95. The number of hydrogen-bond acceptors (Lipinski definition) is 3. The highest BCUT2D eigenvalue weighted by Crippen LogP contribution is 2.65. The molecule has 2 fully saturated rings. The van der Waals surface area contributed by atoms with E-state index in [1.807, 2.05) is 6.92 Å². The first-order chi connectivity index (χ1) is 8.40. The lowest BCUT2D eigenvalue weighted by molar-refractivity contribution is -0.166. The Balaban J connectivity index is 2.53. The van der Waals surface area contributed by atoms with E-state index in [1.165, 1.54) is 0 Å². The van der Waals surface area contributed by atoms with Gasteiger partial charge in [-0.1, -0.05) is 19.1 Å². The van der Waals surface area contributed by atoms with Gasteiger partial charge in [0.2, 0.25) is 0 Å². The van der Waals surface area contributed by atoms with Crippen LogP contribution in [0.5, 0.6) is 0 Å². The van der Waals surface area contributed by atoms with Crippen molar-refractivity contribution in [3.8, 4) is 0 Å². The largest absolute Gasteiger partial charge is 0.465 e. The van der Waals surface area contributed by atoms with Crippen LogP contribution in [0.3, 0.4) is 0 Å². The molecule has 0 heterocycles. The Morgan fingerprint density at radius 3 is 2.72 bits per heavy atom. The van der Waals surface area contributed by atoms with E-state index in [-0.39, 0.29) is 23.1 Å². The molecule has 0 aromatic carbocycles. The Labute approximate surface area is 109 Å². The first kappa shape index (κ1) is 13.3. The minimum absolute atomic E-state index is 0.0449. The summed E-state index contributed by atoms with van der Waals surface area (Å²) in [5.41, 5.74) is -0.253. The molecule has 0 bridgehead atoms. The highest BCUT2D eigenvalue weighted by molar-refractivity contribution is 6.07. The fourth-order valence-electron chi connectivity index (χ4n) is 4.10. The predicted molar refractivity (Wildman–Crippen MR) is 69.0 cm³/mol. The molecule has 0 saturated heterocycles. The summed E-state index contributed by atoms with van der Waals surface area (Å²) >= 11 is 0. The van der Waals surface area contributed by atoms with Crippen LogP contribution in [0, 0.1) is 16.7 Å². The summed E-state index contributed by atoms with van der Waals surface area (Å²) in [5, 5.41) is 0. The molecule has 3 heteroatoms. The zero-order chi connectivity index (χ0) is 13.6. The van der Waals surface area contributed by atoms with Gasteiger partial charge in [0.15, 0.2) is 5.78 Å². The Morgan fingerprint density at radius 2 is 2.17 bits per heavy atom. The van der Waals surface area contributed by atoms with Gasteiger partial charge in [0.1, 0.15) is 5.41 Å². The van der Waals surface area contributed by atoms with Gasteiger partial charge in [0, 0.05) is 12.3 Å². The van der Waals surface area contributed by atoms with Gasteiger partial charge in [0.05, 0.1) is 6.61 Å². The average molecular weight is 250 g/mol. The molecular weight excluding hydrogens is 228 g/mol. The third-order valence-corrected chi connectivity index (χ3v) is 5.00. The first-order valence-electron chi connectivity index (χ1n) is 6.76. The third-order valence-electron chi connectivity index (χ3n) is 5.00. The van der Waals surface area contributed by atoms with Crippen molar-refractivity contribution in [1.29, 1.82) is 0 Å². The second kappa shape index (κ2) is 4.22. The minimum atomic E-state index is -0.950. The van der Waals surface area contributed by atoms with Crippen LogP contribution >= 0.6 is 0 Å². The van der Waals surface area contributed by atoms with E-state index < -0.39 is 5.41 Å². The van der Waals surface area contributed by atoms with E-state index in [0.717, 1.165) is 24.8 Å². The number of Topliss-reactive ketones (excluding diaryl/α,β-unsaturated/α-hetero) is 1. The summed E-state index contributed by atoms with van der Waals surface area (Å²) in [4.78, 5) is 25.0. The Morgan fingerprint density at radius 1 is 1.50 bits per heavy atom. The summed E-state index contributed by atoms with van der Waals surface area (Å²) in [5.74, 6) is -0.300. The van der Waals surface area contributed by atoms with Gasteiger partial charge >= 0.3 is 5.97 Å². The van der Waals surface area contributed by atoms with Crippen molar-refractivity contribution in [2.24, 2.45) is 16.7 Å². The second-order valence-corrected chi connectivity index (χ2v) is 5.95. The molecule has 2 saturated carbocycles. The quantitative estimate of drug-likeness (QED) is 0.439. The highest BCUT2D eigenvalue weighted by Gasteiger charge is 2.70. The van der Waals surface area contributed by atoms with E-state index in [4.69, 9.17) is 4.74 Å². The topological polar surface area (TPSA) is 43.4 Å². The molecule has 0 radical (unpaired) electrons. The van der Waals surface area contributed by atoms with Gasteiger partial charge in [-0.15, -0.1) is 0 Å². The lowest BCUT2D eigenvalue weighted by Crippen LogP contribution is -2.49. The molecule has 3 atom stereocenters. The molecule has 3 nitrogen and oxygen atoms in total. The SMILES string of the molecule is C=C(C)[C@H]1CC[C@@]2(C)CCC(=O)[C@@]12C(=O)OCC. The van der Waals surface area contributed by atoms with Crippen LogP contribution in [0.4, 0.5) is 0 Å². The molecule has 0 N–H and O–H groups in total. The molecule has 100 valence electrons. The Kier molecular flexibility index (Phi) is 3.12. The van der Waals surface area contributed by atoms with Crippen LogP contribution in [0.25, 0.3) is 0 Å². The summed E-state index contributed by atoms with van der Waals surface area (Å²) in [6, 6.07) is 0. The van der Waals surface area contributed by atoms with Crippen LogP contribution in [0.2, 0.25) is 0 Å². The van der Waals surface area contributed by atoms with E-state index >= 15 is 0 Å². The van der Waals surface area contributed by atoms with Crippen LogP contribution in [-0.2, 0) is 14.3 Å². The third kappa shape index (κ3) is 1.42. The van der Waals surface area contributed by atoms with Crippen molar-refractivity contribution in [2.45, 2.75) is 46.5 Å². The number of rotatable bonds is 3. The van der Waals surface area contributed by atoms with Crippen molar-refractivity contribution >= 4 is 11.8 Å². The van der Waals surface area contributed by atoms with Crippen molar-refractivity contribution in [3.05, 3.63) is 12.2 Å². The number of allylic oxidation sites excluding steroid dienone is 1. The summed E-state index contributed by atoms with van der Waals surface area (Å²) in [6.07, 6.45) is 3.08. The van der Waals surface area contributed by atoms with Crippen LogP contribution in [-0.4, -0.2) is 18.4 Å². The van der Waals surface area contributed by atoms with Gasteiger partial charge in [-0.05, 0) is 38.5 Å². The van der Waals surface area contributed by atoms with Gasteiger partial charge in [-0.25, -0.2) is 0 Å². The molecule has 2 rings (SSSR count). The van der Waals surface area contributed by atoms with E-state index in [1.54, 1.807) is 6.92 Å². The first-order valence-corrected chi connectivity index (χ1v) is 6.76. The van der Waals surface area contributed by atoms with Gasteiger partial charge in [-0.2, -0.15) is 0 Å². The number of ether oxygens (including phenoxy) is 1. The van der Waals surface area contributed by atoms with E-state index in [9.17, 15) is 9.59 Å². The molecule has 0 aromatic rings. The van der Waals surface area contributed by atoms with Crippen LogP contribution in [0.1, 0.15) is 46.5 Å². The fourth-order valence-corrected chi connectivity index (χ4v) is 4.10. The predicted octanol–water partition coefficient (Wildman–Crippen LogP) is 2.89. The number of ketones is 1. The number of carbonyl (C=O) groups is 2. The molecule has 0 aliphatic heterocycles. The molecule has 0 aromatic heterocycles. The lowest BCUT2D eigenvalue weighted by Gasteiger charge is -2.38. The van der Waals surface area contributed by atoms with E-state index in [2.05, 4.69) is 13.5 Å². The van der Waals surface area contributed by atoms with Crippen molar-refractivity contribution in [1.82, 2.24) is 0 Å². The maximum Gasteiger partial charge on any atom is 0.320 e. The number of carbonyl (C=O) groups excluding carboxylic acids is 2. The molecule has 18 heavy (non-hydrogen) atoms. The zero-order valence-electron chi connectivity index (χ0n) is 11.5. The summed E-state index contributed by atoms with van der Waals surface area (Å²) in [7, 11) is 0. The maximum atomic E-state index is 12.5. The lowest BCUT2D eigenvalue weighted by atomic mass is 9.63. The average Bonchev–Trinajstić information content (AvgIpc) is 2.73. The molecule has 2 aliphatic rings. The Bertz CT molecular complexity index is 412. The van der Waals surface area contributed by atoms with Crippen LogP contribution in [0.15, 0.2) is 12.2 Å². The maximum absolute atomic E-state index is 12.5. The van der Waals surface area contributed by atoms with E-state index in [0.29, 0.717) is 13.0 Å². The zero-order valence-corrected chi connectivity index (χ0v) is 11.5. The normalized spacial score (nSPS) is 38.6. The van der Waals surface area contributed by atoms with Crippen molar-refractivity contribution < 1.29 is 14.3 Å². The monoisotopic (exact) mass is 250 g/mol. The molecule has 0 amide bonds. The molecule has 0 unspecified atom stereocenters. The fraction of sp³-hybridized carbons (Fsp3) is 0.733. The highest BCUT2D eigenvalue weighted by atomic mass is 16.5. The van der Waals surface area contributed by atoms with Crippen molar-refractivity contribution in [2.75, 3.05) is 6.61 Å². The standard InChI is InChI=1S/C15H22O3/c1-5-18-13(17)15-11(10(2)3)6-8-14(15,4)9-7-12(15)16/h11H,2,5-9H2,1,3-4H3/t11-,14+,15-/m1/s1. The van der Waals surface area contributed by atoms with Crippen LogP contribution < -0.4 is 0 Å². The minimum Gasteiger partial charge on any atom is -0.465 e. The number of hydrogen-bond donors (Lipinski definition) is 0. The van der Waals surface area contributed by atoms with Gasteiger partial charge < -0.3 is 4.74 Å². The van der Waals surface area contributed by atoms with Gasteiger partial charge in [0.25, 0.3) is 0 Å². The van der Waals surface area contributed by atoms with Crippen molar-refractivity contribution in [3.63, 3.8) is 0 Å². The van der Waals surface area contributed by atoms with Gasteiger partial charge in [-0.3, -0.25) is 9.59 Å². The Hall–Kier alpha value is -1.12. The smallest absolute Gasteiger partial charge is 0.320 e.